The standard InChI is InChI=1S/C34H35BrClFN2O4/c1-33(2,3)43-32(40)39-15-14-34(41,24(20-39)16-21-6-5-7-27(37)17-21)30(22-8-11-26(36)12-9-22)28-19-23-18-25(35)10-13-29(23)38-31(28)42-4/h5-13,17-19,24,30,41H,14-16,20H2,1-4H3. The minimum atomic E-state index is -1.40. The Morgan fingerprint density at radius 1 is 1.16 bits per heavy atom. The highest BCUT2D eigenvalue weighted by molar-refractivity contribution is 9.10. The van der Waals surface area contributed by atoms with Gasteiger partial charge in [-0.25, -0.2) is 14.2 Å². The fourth-order valence-electron chi connectivity index (χ4n) is 6.00. The Bertz CT molecular complexity index is 1630. The van der Waals surface area contributed by atoms with Crippen LogP contribution in [-0.4, -0.2) is 52.5 Å². The number of carbonyl (C=O) groups excluding carboxylic acids is 1. The lowest BCUT2D eigenvalue weighted by Crippen LogP contribution is -2.57. The van der Waals surface area contributed by atoms with E-state index in [4.69, 9.17) is 26.1 Å². The van der Waals surface area contributed by atoms with Crippen molar-refractivity contribution in [1.82, 2.24) is 9.88 Å². The van der Waals surface area contributed by atoms with Gasteiger partial charge in [0.1, 0.15) is 11.4 Å². The molecule has 3 unspecified atom stereocenters. The molecule has 1 N–H and O–H groups in total. The van der Waals surface area contributed by atoms with Gasteiger partial charge in [-0.15, -0.1) is 0 Å². The summed E-state index contributed by atoms with van der Waals surface area (Å²) in [4.78, 5) is 19.7. The third-order valence-electron chi connectivity index (χ3n) is 7.93. The van der Waals surface area contributed by atoms with E-state index in [9.17, 15) is 14.3 Å². The van der Waals surface area contributed by atoms with Gasteiger partial charge in [0.15, 0.2) is 0 Å². The Morgan fingerprint density at radius 2 is 1.91 bits per heavy atom. The number of amides is 1. The highest BCUT2D eigenvalue weighted by Gasteiger charge is 2.50. The highest BCUT2D eigenvalue weighted by Crippen LogP contribution is 2.48. The van der Waals surface area contributed by atoms with Gasteiger partial charge in [-0.05, 0) is 93.3 Å². The normalized spacial score (nSPS) is 19.7. The molecule has 1 saturated heterocycles. The Kier molecular flexibility index (Phi) is 9.02. The number of ether oxygens (including phenoxy) is 2. The van der Waals surface area contributed by atoms with Crippen LogP contribution in [0, 0.1) is 11.7 Å². The summed E-state index contributed by atoms with van der Waals surface area (Å²) in [7, 11) is 1.56. The van der Waals surface area contributed by atoms with E-state index in [1.165, 1.54) is 12.1 Å². The van der Waals surface area contributed by atoms with Crippen molar-refractivity contribution in [3.63, 3.8) is 0 Å². The largest absolute Gasteiger partial charge is 0.481 e. The van der Waals surface area contributed by atoms with Gasteiger partial charge < -0.3 is 19.5 Å². The van der Waals surface area contributed by atoms with Crippen molar-refractivity contribution in [2.24, 2.45) is 5.92 Å². The number of methoxy groups -OCH3 is 1. The van der Waals surface area contributed by atoms with Gasteiger partial charge in [0.25, 0.3) is 0 Å². The summed E-state index contributed by atoms with van der Waals surface area (Å²) in [6.45, 7) is 5.95. The summed E-state index contributed by atoms with van der Waals surface area (Å²) in [6.07, 6.45) is 0.114. The average molecular weight is 670 g/mol. The van der Waals surface area contributed by atoms with Crippen LogP contribution in [-0.2, 0) is 11.2 Å². The number of hydrogen-bond acceptors (Lipinski definition) is 5. The summed E-state index contributed by atoms with van der Waals surface area (Å²) >= 11 is 9.86. The van der Waals surface area contributed by atoms with Crippen molar-refractivity contribution in [3.8, 4) is 5.88 Å². The van der Waals surface area contributed by atoms with E-state index in [-0.39, 0.29) is 25.3 Å². The number of likely N-dealkylation sites (tertiary alicyclic amines) is 1. The number of pyridine rings is 1. The lowest BCUT2D eigenvalue weighted by Gasteiger charge is -2.49. The number of aromatic nitrogens is 1. The maximum Gasteiger partial charge on any atom is 0.410 e. The first-order chi connectivity index (χ1) is 20.4. The topological polar surface area (TPSA) is 71.9 Å². The summed E-state index contributed by atoms with van der Waals surface area (Å²) in [5.74, 6) is -1.09. The maximum atomic E-state index is 14.3. The first-order valence-electron chi connectivity index (χ1n) is 14.2. The van der Waals surface area contributed by atoms with Crippen LogP contribution >= 0.6 is 27.5 Å². The molecule has 43 heavy (non-hydrogen) atoms. The van der Waals surface area contributed by atoms with Crippen LogP contribution in [0.2, 0.25) is 5.02 Å². The molecule has 1 fully saturated rings. The van der Waals surface area contributed by atoms with E-state index in [1.54, 1.807) is 30.2 Å². The smallest absolute Gasteiger partial charge is 0.410 e. The second-order valence-electron chi connectivity index (χ2n) is 12.1. The van der Waals surface area contributed by atoms with Crippen LogP contribution in [0.4, 0.5) is 9.18 Å². The van der Waals surface area contributed by atoms with Gasteiger partial charge >= 0.3 is 6.09 Å². The van der Waals surface area contributed by atoms with E-state index < -0.39 is 29.1 Å². The van der Waals surface area contributed by atoms with E-state index in [0.717, 1.165) is 26.5 Å². The molecule has 1 aliphatic heterocycles. The van der Waals surface area contributed by atoms with Crippen LogP contribution in [0.1, 0.15) is 49.8 Å². The van der Waals surface area contributed by atoms with Crippen LogP contribution in [0.25, 0.3) is 10.9 Å². The third-order valence-corrected chi connectivity index (χ3v) is 8.68. The third kappa shape index (κ3) is 6.97. The maximum absolute atomic E-state index is 14.3. The van der Waals surface area contributed by atoms with Gasteiger partial charge in [0.2, 0.25) is 5.88 Å². The molecule has 1 aliphatic rings. The lowest BCUT2D eigenvalue weighted by molar-refractivity contribution is -0.0845. The Labute approximate surface area is 264 Å². The molecule has 0 aliphatic carbocycles. The Balaban J connectivity index is 1.67. The first-order valence-corrected chi connectivity index (χ1v) is 15.4. The van der Waals surface area contributed by atoms with Crippen LogP contribution < -0.4 is 4.74 Å². The molecular weight excluding hydrogens is 635 g/mol. The van der Waals surface area contributed by atoms with E-state index in [2.05, 4.69) is 15.9 Å². The number of nitrogens with zero attached hydrogens (tertiary/aromatic N) is 2. The zero-order valence-electron chi connectivity index (χ0n) is 24.6. The molecule has 2 heterocycles. The summed E-state index contributed by atoms with van der Waals surface area (Å²) in [5.41, 5.74) is 0.920. The number of piperidine rings is 1. The Hall–Kier alpha value is -3.20. The van der Waals surface area contributed by atoms with Crippen molar-refractivity contribution in [1.29, 1.82) is 0 Å². The monoisotopic (exact) mass is 668 g/mol. The molecule has 0 spiro atoms. The van der Waals surface area contributed by atoms with Crippen molar-refractivity contribution < 1.29 is 23.8 Å². The molecule has 3 atom stereocenters. The fraction of sp³-hybridized carbons (Fsp3) is 0.353. The Morgan fingerprint density at radius 3 is 2.58 bits per heavy atom. The van der Waals surface area contributed by atoms with Gasteiger partial charge in [-0.2, -0.15) is 0 Å². The summed E-state index contributed by atoms with van der Waals surface area (Å²) in [5, 5.41) is 14.4. The summed E-state index contributed by atoms with van der Waals surface area (Å²) in [6, 6.07) is 21.5. The number of hydrogen-bond donors (Lipinski definition) is 1. The van der Waals surface area contributed by atoms with Crippen LogP contribution in [0.3, 0.4) is 0 Å². The van der Waals surface area contributed by atoms with E-state index in [1.807, 2.05) is 63.2 Å². The number of benzene rings is 3. The molecule has 1 aromatic heterocycles. The number of halogens is 3. The van der Waals surface area contributed by atoms with Gasteiger partial charge in [-0.3, -0.25) is 0 Å². The van der Waals surface area contributed by atoms with E-state index >= 15 is 0 Å². The molecule has 0 radical (unpaired) electrons. The fourth-order valence-corrected chi connectivity index (χ4v) is 6.51. The molecule has 3 aromatic carbocycles. The zero-order valence-corrected chi connectivity index (χ0v) is 27.0. The molecule has 0 bridgehead atoms. The average Bonchev–Trinajstić information content (AvgIpc) is 2.94. The minimum absolute atomic E-state index is 0.209. The molecule has 9 heteroatoms. The number of aliphatic hydroxyl groups is 1. The lowest BCUT2D eigenvalue weighted by atomic mass is 9.65. The van der Waals surface area contributed by atoms with Crippen molar-refractivity contribution in [2.45, 2.75) is 50.7 Å². The number of rotatable bonds is 6. The molecule has 6 nitrogen and oxygen atoms in total. The minimum Gasteiger partial charge on any atom is -0.481 e. The predicted octanol–water partition coefficient (Wildman–Crippen LogP) is 8.16. The van der Waals surface area contributed by atoms with Crippen LogP contribution in [0.5, 0.6) is 5.88 Å². The number of carbonyl (C=O) groups is 1. The molecule has 4 aromatic rings. The molecule has 0 saturated carbocycles. The first kappa shape index (κ1) is 31.2. The molecule has 226 valence electrons. The quantitative estimate of drug-likeness (QED) is 0.224. The summed E-state index contributed by atoms with van der Waals surface area (Å²) < 4.78 is 26.8. The van der Waals surface area contributed by atoms with Gasteiger partial charge in [-0.1, -0.05) is 51.8 Å². The second kappa shape index (κ2) is 12.4. The van der Waals surface area contributed by atoms with Gasteiger partial charge in [0.05, 0.1) is 18.2 Å². The SMILES string of the molecule is COc1nc2ccc(Br)cc2cc1C(c1ccc(Cl)cc1)C1(O)CCN(C(=O)OC(C)(C)C)CC1Cc1cccc(F)c1. The van der Waals surface area contributed by atoms with Crippen molar-refractivity contribution in [3.05, 3.63) is 105 Å². The highest BCUT2D eigenvalue weighted by atomic mass is 79.9. The van der Waals surface area contributed by atoms with Crippen molar-refractivity contribution in [2.75, 3.05) is 20.2 Å². The number of fused-ring (bicyclic) bond motifs is 1. The molecular formula is C34H35BrClFN2O4. The second-order valence-corrected chi connectivity index (χ2v) is 13.5. The molecule has 1 amide bonds. The predicted molar refractivity (Wildman–Crippen MR) is 170 cm³/mol. The zero-order chi connectivity index (χ0) is 30.9. The molecule has 5 rings (SSSR count). The van der Waals surface area contributed by atoms with Gasteiger partial charge in [0, 0.05) is 45.4 Å². The van der Waals surface area contributed by atoms with Crippen LogP contribution in [0.15, 0.2) is 77.3 Å². The van der Waals surface area contributed by atoms with E-state index in [0.29, 0.717) is 22.9 Å². The van der Waals surface area contributed by atoms with Crippen molar-refractivity contribution >= 4 is 44.5 Å².